The van der Waals surface area contributed by atoms with E-state index < -0.39 is 0 Å². The standard InChI is InChI=1S/C18H29N3O/c1-18(2,3)9-10-20-11-13-21(14-12-20)15-17(22)19-16-7-5-4-6-8-16/h4-8H,9-15H2,1-3H3,(H,19,22). The van der Waals surface area contributed by atoms with Crippen molar-refractivity contribution in [3.8, 4) is 0 Å². The quantitative estimate of drug-likeness (QED) is 0.908. The average Bonchev–Trinajstić information content (AvgIpc) is 2.47. The van der Waals surface area contributed by atoms with Gasteiger partial charge in [0.05, 0.1) is 6.54 Å². The monoisotopic (exact) mass is 303 g/mol. The number of hydrogen-bond donors (Lipinski definition) is 1. The van der Waals surface area contributed by atoms with Gasteiger partial charge in [0.1, 0.15) is 0 Å². The molecule has 4 heteroatoms. The zero-order valence-corrected chi connectivity index (χ0v) is 14.1. The molecule has 1 heterocycles. The predicted molar refractivity (Wildman–Crippen MR) is 92.0 cm³/mol. The number of benzene rings is 1. The molecule has 122 valence electrons. The van der Waals surface area contributed by atoms with E-state index >= 15 is 0 Å². The fourth-order valence-corrected chi connectivity index (χ4v) is 2.59. The third kappa shape index (κ3) is 6.16. The Balaban J connectivity index is 1.68. The number of carbonyl (C=O) groups is 1. The predicted octanol–water partition coefficient (Wildman–Crippen LogP) is 2.68. The summed E-state index contributed by atoms with van der Waals surface area (Å²) in [5.41, 5.74) is 1.27. The lowest BCUT2D eigenvalue weighted by atomic mass is 9.92. The molecule has 1 aliphatic rings. The number of piperazine rings is 1. The molecule has 1 amide bonds. The maximum absolute atomic E-state index is 12.1. The SMILES string of the molecule is CC(C)(C)CCN1CCN(CC(=O)Nc2ccccc2)CC1. The summed E-state index contributed by atoms with van der Waals surface area (Å²) in [6.07, 6.45) is 1.22. The molecule has 0 aliphatic carbocycles. The Morgan fingerprint density at radius 1 is 1.05 bits per heavy atom. The molecule has 4 nitrogen and oxygen atoms in total. The van der Waals surface area contributed by atoms with E-state index in [0.29, 0.717) is 12.0 Å². The van der Waals surface area contributed by atoms with E-state index in [1.165, 1.54) is 6.42 Å². The molecule has 1 N–H and O–H groups in total. The van der Waals surface area contributed by atoms with Gasteiger partial charge in [-0.3, -0.25) is 9.69 Å². The number of anilines is 1. The highest BCUT2D eigenvalue weighted by Gasteiger charge is 2.20. The highest BCUT2D eigenvalue weighted by atomic mass is 16.2. The third-order valence-electron chi connectivity index (χ3n) is 4.07. The summed E-state index contributed by atoms with van der Waals surface area (Å²) in [6.45, 7) is 12.6. The second-order valence-electron chi connectivity index (χ2n) is 7.34. The minimum absolute atomic E-state index is 0.0781. The van der Waals surface area contributed by atoms with Crippen molar-refractivity contribution in [3.05, 3.63) is 30.3 Å². The zero-order valence-electron chi connectivity index (χ0n) is 14.1. The molecule has 0 saturated carbocycles. The Hall–Kier alpha value is -1.39. The van der Waals surface area contributed by atoms with Crippen LogP contribution in [0.2, 0.25) is 0 Å². The van der Waals surface area contributed by atoms with Crippen molar-refractivity contribution in [2.75, 3.05) is 44.6 Å². The molecule has 1 aromatic rings. The van der Waals surface area contributed by atoms with Crippen molar-refractivity contribution in [2.45, 2.75) is 27.2 Å². The van der Waals surface area contributed by atoms with Crippen LogP contribution < -0.4 is 5.32 Å². The van der Waals surface area contributed by atoms with Crippen molar-refractivity contribution in [1.29, 1.82) is 0 Å². The number of nitrogens with one attached hydrogen (secondary N) is 1. The van der Waals surface area contributed by atoms with Gasteiger partial charge in [0.2, 0.25) is 5.91 Å². The summed E-state index contributed by atoms with van der Waals surface area (Å²) in [7, 11) is 0. The fraction of sp³-hybridized carbons (Fsp3) is 0.611. The van der Waals surface area contributed by atoms with Crippen molar-refractivity contribution in [3.63, 3.8) is 0 Å². The van der Waals surface area contributed by atoms with E-state index in [9.17, 15) is 4.79 Å². The molecule has 0 unspecified atom stereocenters. The largest absolute Gasteiger partial charge is 0.325 e. The Labute approximate surface area is 134 Å². The second kappa shape index (κ2) is 7.75. The Bertz CT molecular complexity index is 459. The van der Waals surface area contributed by atoms with Crippen LogP contribution in [0.3, 0.4) is 0 Å². The summed E-state index contributed by atoms with van der Waals surface area (Å²) >= 11 is 0. The topological polar surface area (TPSA) is 35.6 Å². The molecule has 0 aromatic heterocycles. The number of amides is 1. The number of hydrogen-bond acceptors (Lipinski definition) is 3. The molecular weight excluding hydrogens is 274 g/mol. The van der Waals surface area contributed by atoms with E-state index in [-0.39, 0.29) is 5.91 Å². The number of para-hydroxylation sites is 1. The lowest BCUT2D eigenvalue weighted by Crippen LogP contribution is -2.49. The van der Waals surface area contributed by atoms with E-state index in [0.717, 1.165) is 38.4 Å². The van der Waals surface area contributed by atoms with Gasteiger partial charge in [0.15, 0.2) is 0 Å². The third-order valence-corrected chi connectivity index (χ3v) is 4.07. The van der Waals surface area contributed by atoms with Gasteiger partial charge in [-0.15, -0.1) is 0 Å². The minimum atomic E-state index is 0.0781. The zero-order chi connectivity index (χ0) is 16.0. The first-order valence-electron chi connectivity index (χ1n) is 8.22. The van der Waals surface area contributed by atoms with Gasteiger partial charge in [0.25, 0.3) is 0 Å². The number of rotatable bonds is 5. The molecule has 0 bridgehead atoms. The normalized spacial score (nSPS) is 17.4. The van der Waals surface area contributed by atoms with Gasteiger partial charge >= 0.3 is 0 Å². The van der Waals surface area contributed by atoms with Crippen LogP contribution in [0.5, 0.6) is 0 Å². The van der Waals surface area contributed by atoms with Crippen molar-refractivity contribution in [2.24, 2.45) is 5.41 Å². The van der Waals surface area contributed by atoms with Crippen molar-refractivity contribution >= 4 is 11.6 Å². The summed E-state index contributed by atoms with van der Waals surface area (Å²) in [5, 5.41) is 2.95. The number of nitrogens with zero attached hydrogens (tertiary/aromatic N) is 2. The molecule has 1 saturated heterocycles. The first kappa shape index (κ1) is 17.0. The van der Waals surface area contributed by atoms with E-state index in [1.54, 1.807) is 0 Å². The fourth-order valence-electron chi connectivity index (χ4n) is 2.59. The van der Waals surface area contributed by atoms with Crippen LogP contribution >= 0.6 is 0 Å². The summed E-state index contributed by atoms with van der Waals surface area (Å²) < 4.78 is 0. The second-order valence-corrected chi connectivity index (χ2v) is 7.34. The molecule has 2 rings (SSSR count). The van der Waals surface area contributed by atoms with E-state index in [1.807, 2.05) is 30.3 Å². The molecule has 1 aliphatic heterocycles. The van der Waals surface area contributed by atoms with Crippen LogP contribution in [0.15, 0.2) is 30.3 Å². The lowest BCUT2D eigenvalue weighted by Gasteiger charge is -2.35. The van der Waals surface area contributed by atoms with Crippen LogP contribution in [0.1, 0.15) is 27.2 Å². The van der Waals surface area contributed by atoms with Gasteiger partial charge in [-0.1, -0.05) is 39.0 Å². The first-order valence-corrected chi connectivity index (χ1v) is 8.22. The van der Waals surface area contributed by atoms with Crippen LogP contribution in [0, 0.1) is 5.41 Å². The van der Waals surface area contributed by atoms with Gasteiger partial charge < -0.3 is 10.2 Å². The summed E-state index contributed by atoms with van der Waals surface area (Å²) in [4.78, 5) is 16.8. The van der Waals surface area contributed by atoms with Crippen molar-refractivity contribution in [1.82, 2.24) is 9.80 Å². The van der Waals surface area contributed by atoms with E-state index in [2.05, 4.69) is 35.9 Å². The Kier molecular flexibility index (Phi) is 5.98. The molecule has 1 fully saturated rings. The number of carbonyl (C=O) groups excluding carboxylic acids is 1. The molecule has 22 heavy (non-hydrogen) atoms. The highest BCUT2D eigenvalue weighted by molar-refractivity contribution is 5.92. The van der Waals surface area contributed by atoms with Gasteiger partial charge in [-0.25, -0.2) is 0 Å². The van der Waals surface area contributed by atoms with Gasteiger partial charge in [0, 0.05) is 31.9 Å². The van der Waals surface area contributed by atoms with Crippen LogP contribution in [0.25, 0.3) is 0 Å². The average molecular weight is 303 g/mol. The smallest absolute Gasteiger partial charge is 0.238 e. The molecular formula is C18H29N3O. The Morgan fingerprint density at radius 3 is 2.23 bits per heavy atom. The van der Waals surface area contributed by atoms with Gasteiger partial charge in [-0.05, 0) is 30.5 Å². The van der Waals surface area contributed by atoms with Crippen molar-refractivity contribution < 1.29 is 4.79 Å². The van der Waals surface area contributed by atoms with Crippen LogP contribution in [-0.4, -0.2) is 55.0 Å². The Morgan fingerprint density at radius 2 is 1.64 bits per heavy atom. The van der Waals surface area contributed by atoms with Crippen LogP contribution in [0.4, 0.5) is 5.69 Å². The lowest BCUT2D eigenvalue weighted by molar-refractivity contribution is -0.117. The highest BCUT2D eigenvalue weighted by Crippen LogP contribution is 2.19. The molecule has 0 spiro atoms. The summed E-state index contributed by atoms with van der Waals surface area (Å²) in [6, 6.07) is 9.66. The molecule has 0 radical (unpaired) electrons. The minimum Gasteiger partial charge on any atom is -0.325 e. The van der Waals surface area contributed by atoms with E-state index in [4.69, 9.17) is 0 Å². The maximum Gasteiger partial charge on any atom is 0.238 e. The van der Waals surface area contributed by atoms with Gasteiger partial charge in [-0.2, -0.15) is 0 Å². The molecule has 1 aromatic carbocycles. The van der Waals surface area contributed by atoms with Crippen LogP contribution in [-0.2, 0) is 4.79 Å². The first-order chi connectivity index (χ1) is 10.4. The summed E-state index contributed by atoms with van der Waals surface area (Å²) in [5.74, 6) is 0.0781. The maximum atomic E-state index is 12.1. The molecule has 0 atom stereocenters.